The first kappa shape index (κ1) is 12.6. The van der Waals surface area contributed by atoms with Crippen molar-refractivity contribution in [2.75, 3.05) is 13.1 Å². The fraction of sp³-hybridized carbons (Fsp3) is 0.769. The van der Waals surface area contributed by atoms with Crippen LogP contribution in [0.4, 0.5) is 0 Å². The highest BCUT2D eigenvalue weighted by atomic mass is 15.3. The maximum atomic E-state index is 5.92. The number of aromatic nitrogens is 2. The van der Waals surface area contributed by atoms with E-state index >= 15 is 0 Å². The molecular weight excluding hydrogens is 212 g/mol. The molecule has 0 bridgehead atoms. The molecule has 2 unspecified atom stereocenters. The van der Waals surface area contributed by atoms with Gasteiger partial charge in [0, 0.05) is 26.2 Å². The quantitative estimate of drug-likeness (QED) is 0.860. The molecule has 0 aromatic carbocycles. The van der Waals surface area contributed by atoms with Gasteiger partial charge in [0.25, 0.3) is 0 Å². The van der Waals surface area contributed by atoms with Crippen molar-refractivity contribution >= 4 is 0 Å². The highest BCUT2D eigenvalue weighted by Gasteiger charge is 2.27. The third-order valence-corrected chi connectivity index (χ3v) is 3.94. The van der Waals surface area contributed by atoms with Crippen molar-refractivity contribution in [3.05, 3.63) is 17.5 Å². The lowest BCUT2D eigenvalue weighted by atomic mass is 9.90. The van der Waals surface area contributed by atoms with Crippen molar-refractivity contribution in [3.8, 4) is 0 Å². The highest BCUT2D eigenvalue weighted by Crippen LogP contribution is 2.24. The van der Waals surface area contributed by atoms with Crippen LogP contribution in [-0.2, 0) is 13.6 Å². The van der Waals surface area contributed by atoms with Gasteiger partial charge in [0.1, 0.15) is 0 Å². The van der Waals surface area contributed by atoms with Gasteiger partial charge in [-0.1, -0.05) is 6.92 Å². The number of aryl methyl sites for hydroxylation is 2. The van der Waals surface area contributed by atoms with Crippen LogP contribution in [0.25, 0.3) is 0 Å². The summed E-state index contributed by atoms with van der Waals surface area (Å²) in [5, 5.41) is 4.41. The van der Waals surface area contributed by atoms with Crippen molar-refractivity contribution in [2.24, 2.45) is 18.7 Å². The maximum absolute atomic E-state index is 5.92. The lowest BCUT2D eigenvalue weighted by molar-refractivity contribution is 0.0965. The van der Waals surface area contributed by atoms with Gasteiger partial charge in [-0.25, -0.2) is 0 Å². The van der Waals surface area contributed by atoms with E-state index in [4.69, 9.17) is 5.73 Å². The highest BCUT2D eigenvalue weighted by molar-refractivity contribution is 5.09. The van der Waals surface area contributed by atoms with E-state index in [2.05, 4.69) is 23.0 Å². The maximum Gasteiger partial charge on any atom is 0.0597 e. The minimum Gasteiger partial charge on any atom is -0.329 e. The predicted octanol–water partition coefficient (Wildman–Crippen LogP) is 1.29. The second kappa shape index (κ2) is 5.19. The van der Waals surface area contributed by atoms with Crippen LogP contribution in [0.5, 0.6) is 0 Å². The molecule has 2 N–H and O–H groups in total. The molecule has 1 aliphatic rings. The average Bonchev–Trinajstić information content (AvgIpc) is 2.58. The zero-order chi connectivity index (χ0) is 12.4. The first-order valence-electron chi connectivity index (χ1n) is 6.55. The van der Waals surface area contributed by atoms with Crippen molar-refractivity contribution in [1.29, 1.82) is 0 Å². The number of hydrogen-bond donors (Lipinski definition) is 1. The standard InChI is InChI=1S/C13H24N4/c1-10-5-4-6-17(13(10)8-14)9-12-7-11(2)15-16(12)3/h7,10,13H,4-6,8-9,14H2,1-3H3. The van der Waals surface area contributed by atoms with Crippen LogP contribution >= 0.6 is 0 Å². The molecule has 1 aromatic rings. The second-order valence-corrected chi connectivity index (χ2v) is 5.29. The molecule has 2 rings (SSSR count). The number of nitrogens with two attached hydrogens (primary N) is 1. The van der Waals surface area contributed by atoms with E-state index in [1.54, 1.807) is 0 Å². The zero-order valence-electron chi connectivity index (χ0n) is 11.2. The third kappa shape index (κ3) is 2.69. The number of piperidine rings is 1. The summed E-state index contributed by atoms with van der Waals surface area (Å²) in [6.07, 6.45) is 2.59. The van der Waals surface area contributed by atoms with Gasteiger partial charge in [-0.3, -0.25) is 9.58 Å². The molecule has 0 amide bonds. The molecule has 4 heteroatoms. The van der Waals surface area contributed by atoms with Gasteiger partial charge in [-0.15, -0.1) is 0 Å². The van der Waals surface area contributed by atoms with Crippen LogP contribution in [0.1, 0.15) is 31.2 Å². The monoisotopic (exact) mass is 236 g/mol. The van der Waals surface area contributed by atoms with Crippen LogP contribution in [0.15, 0.2) is 6.07 Å². The Labute approximate surface area is 104 Å². The Morgan fingerprint density at radius 2 is 2.29 bits per heavy atom. The van der Waals surface area contributed by atoms with E-state index in [1.165, 1.54) is 18.5 Å². The van der Waals surface area contributed by atoms with Crippen LogP contribution in [-0.4, -0.2) is 33.8 Å². The average molecular weight is 236 g/mol. The molecular formula is C13H24N4. The van der Waals surface area contributed by atoms with E-state index in [1.807, 2.05) is 18.7 Å². The van der Waals surface area contributed by atoms with Gasteiger partial charge < -0.3 is 5.73 Å². The molecule has 17 heavy (non-hydrogen) atoms. The molecule has 1 aromatic heterocycles. The molecule has 2 atom stereocenters. The zero-order valence-corrected chi connectivity index (χ0v) is 11.2. The van der Waals surface area contributed by atoms with Crippen molar-refractivity contribution < 1.29 is 0 Å². The van der Waals surface area contributed by atoms with Crippen molar-refractivity contribution in [2.45, 2.75) is 39.3 Å². The van der Waals surface area contributed by atoms with Crippen molar-refractivity contribution in [3.63, 3.8) is 0 Å². The molecule has 1 fully saturated rings. The molecule has 0 radical (unpaired) electrons. The Morgan fingerprint density at radius 1 is 1.53 bits per heavy atom. The topological polar surface area (TPSA) is 47.1 Å². The summed E-state index contributed by atoms with van der Waals surface area (Å²) in [5.74, 6) is 0.711. The summed E-state index contributed by atoms with van der Waals surface area (Å²) in [4.78, 5) is 2.52. The first-order chi connectivity index (χ1) is 8.11. The van der Waals surface area contributed by atoms with Gasteiger partial charge in [0.05, 0.1) is 11.4 Å². The summed E-state index contributed by atoms with van der Waals surface area (Å²) < 4.78 is 1.99. The van der Waals surface area contributed by atoms with E-state index in [-0.39, 0.29) is 0 Å². The lowest BCUT2D eigenvalue weighted by Crippen LogP contribution is -2.48. The Hall–Kier alpha value is -0.870. The summed E-state index contributed by atoms with van der Waals surface area (Å²) in [5.41, 5.74) is 8.30. The van der Waals surface area contributed by atoms with E-state index in [0.29, 0.717) is 12.0 Å². The molecule has 0 aliphatic carbocycles. The van der Waals surface area contributed by atoms with Crippen molar-refractivity contribution in [1.82, 2.24) is 14.7 Å². The Morgan fingerprint density at radius 3 is 2.88 bits per heavy atom. The van der Waals surface area contributed by atoms with Gasteiger partial charge in [-0.2, -0.15) is 5.10 Å². The normalized spacial score (nSPS) is 26.4. The second-order valence-electron chi connectivity index (χ2n) is 5.29. The number of likely N-dealkylation sites (tertiary alicyclic amines) is 1. The molecule has 1 saturated heterocycles. The molecule has 0 spiro atoms. The molecule has 2 heterocycles. The van der Waals surface area contributed by atoms with Gasteiger partial charge in [0.15, 0.2) is 0 Å². The number of hydrogen-bond acceptors (Lipinski definition) is 3. The Kier molecular flexibility index (Phi) is 3.84. The Bertz CT molecular complexity index is 371. The summed E-state index contributed by atoms with van der Waals surface area (Å²) in [7, 11) is 2.02. The summed E-state index contributed by atoms with van der Waals surface area (Å²) in [6.45, 7) is 7.26. The van der Waals surface area contributed by atoms with Gasteiger partial charge in [-0.05, 0) is 38.3 Å². The fourth-order valence-corrected chi connectivity index (χ4v) is 2.93. The summed E-state index contributed by atoms with van der Waals surface area (Å²) >= 11 is 0. The minimum absolute atomic E-state index is 0.527. The van der Waals surface area contributed by atoms with E-state index in [0.717, 1.165) is 25.3 Å². The smallest absolute Gasteiger partial charge is 0.0597 e. The SMILES string of the molecule is Cc1cc(CN2CCCC(C)C2CN)n(C)n1. The first-order valence-corrected chi connectivity index (χ1v) is 6.55. The molecule has 4 nitrogen and oxygen atoms in total. The van der Waals surface area contributed by atoms with Gasteiger partial charge in [0.2, 0.25) is 0 Å². The van der Waals surface area contributed by atoms with Crippen LogP contribution in [0.2, 0.25) is 0 Å². The predicted molar refractivity (Wildman–Crippen MR) is 69.6 cm³/mol. The van der Waals surface area contributed by atoms with Crippen LogP contribution in [0, 0.1) is 12.8 Å². The third-order valence-electron chi connectivity index (χ3n) is 3.94. The van der Waals surface area contributed by atoms with E-state index in [9.17, 15) is 0 Å². The lowest BCUT2D eigenvalue weighted by Gasteiger charge is -2.39. The largest absolute Gasteiger partial charge is 0.329 e. The Balaban J connectivity index is 2.08. The fourth-order valence-electron chi connectivity index (χ4n) is 2.93. The van der Waals surface area contributed by atoms with E-state index < -0.39 is 0 Å². The molecule has 0 saturated carbocycles. The number of nitrogens with zero attached hydrogens (tertiary/aromatic N) is 3. The number of rotatable bonds is 3. The molecule has 96 valence electrons. The summed E-state index contributed by atoms with van der Waals surface area (Å²) in [6, 6.07) is 2.70. The van der Waals surface area contributed by atoms with Gasteiger partial charge >= 0.3 is 0 Å². The van der Waals surface area contributed by atoms with Crippen LogP contribution < -0.4 is 5.73 Å². The van der Waals surface area contributed by atoms with Crippen LogP contribution in [0.3, 0.4) is 0 Å². The minimum atomic E-state index is 0.527. The molecule has 1 aliphatic heterocycles.